The molecule has 0 saturated carbocycles. The van der Waals surface area contributed by atoms with E-state index in [-0.39, 0.29) is 18.9 Å². The average Bonchev–Trinajstić information content (AvgIpc) is 3.04. The van der Waals surface area contributed by atoms with Gasteiger partial charge in [0.15, 0.2) is 0 Å². The van der Waals surface area contributed by atoms with E-state index >= 15 is 0 Å². The number of aliphatic carboxylic acids is 1. The van der Waals surface area contributed by atoms with Gasteiger partial charge in [0.2, 0.25) is 5.91 Å². The van der Waals surface area contributed by atoms with Crippen molar-refractivity contribution in [2.24, 2.45) is 5.41 Å². The maximum atomic E-state index is 12.4. The number of amides is 1. The Morgan fingerprint density at radius 1 is 1.45 bits per heavy atom. The largest absolute Gasteiger partial charge is 0.481 e. The van der Waals surface area contributed by atoms with Crippen molar-refractivity contribution >= 4 is 34.4 Å². The zero-order valence-corrected chi connectivity index (χ0v) is 13.0. The van der Waals surface area contributed by atoms with Crippen LogP contribution in [-0.2, 0) is 16.0 Å². The number of hydrogen-bond donors (Lipinski definition) is 2. The van der Waals surface area contributed by atoms with Gasteiger partial charge in [-0.25, -0.2) is 0 Å². The summed E-state index contributed by atoms with van der Waals surface area (Å²) in [5.41, 5.74) is 0.969. The van der Waals surface area contributed by atoms with E-state index in [1.54, 1.807) is 17.9 Å². The third kappa shape index (κ3) is 2.57. The van der Waals surface area contributed by atoms with Gasteiger partial charge in [-0.15, -0.1) is 0 Å². The summed E-state index contributed by atoms with van der Waals surface area (Å²) in [6.45, 7) is 2.46. The molecule has 1 aromatic carbocycles. The standard InChI is InChI=1S/C16H17ClN2O3/c1-16(15(21)22)4-5-19(9-16)14(20)6-10-8-18-13-7-11(17)2-3-12(10)13/h2-3,7-8,18H,4-6,9H2,1H3,(H,21,22)/t16-/m1/s1. The van der Waals surface area contributed by atoms with Gasteiger partial charge in [0, 0.05) is 35.2 Å². The van der Waals surface area contributed by atoms with Gasteiger partial charge in [0.05, 0.1) is 11.8 Å². The van der Waals surface area contributed by atoms with Crippen molar-refractivity contribution in [2.45, 2.75) is 19.8 Å². The number of aromatic amines is 1. The van der Waals surface area contributed by atoms with Crippen LogP contribution in [0.2, 0.25) is 5.02 Å². The van der Waals surface area contributed by atoms with Crippen molar-refractivity contribution in [1.29, 1.82) is 0 Å². The Labute approximate surface area is 132 Å². The monoisotopic (exact) mass is 320 g/mol. The number of benzene rings is 1. The van der Waals surface area contributed by atoms with E-state index in [0.717, 1.165) is 16.5 Å². The SMILES string of the molecule is C[C@@]1(C(=O)O)CCN(C(=O)Cc2c[nH]c3cc(Cl)ccc23)C1. The lowest BCUT2D eigenvalue weighted by Crippen LogP contribution is -2.35. The van der Waals surface area contributed by atoms with Gasteiger partial charge >= 0.3 is 5.97 Å². The van der Waals surface area contributed by atoms with Crippen molar-refractivity contribution in [3.63, 3.8) is 0 Å². The Kier molecular flexibility index (Phi) is 3.60. The third-order valence-corrected chi connectivity index (χ3v) is 4.65. The van der Waals surface area contributed by atoms with Crippen molar-refractivity contribution in [3.8, 4) is 0 Å². The number of fused-ring (bicyclic) bond motifs is 1. The topological polar surface area (TPSA) is 73.4 Å². The lowest BCUT2D eigenvalue weighted by atomic mass is 9.90. The Morgan fingerprint density at radius 3 is 2.91 bits per heavy atom. The van der Waals surface area contributed by atoms with Gasteiger partial charge in [0.25, 0.3) is 0 Å². The minimum absolute atomic E-state index is 0.0409. The van der Waals surface area contributed by atoms with Crippen LogP contribution in [0.1, 0.15) is 18.9 Å². The second kappa shape index (κ2) is 5.32. The lowest BCUT2D eigenvalue weighted by Gasteiger charge is -2.20. The molecular weight excluding hydrogens is 304 g/mol. The average molecular weight is 321 g/mol. The maximum Gasteiger partial charge on any atom is 0.311 e. The van der Waals surface area contributed by atoms with E-state index < -0.39 is 11.4 Å². The number of rotatable bonds is 3. The molecule has 116 valence electrons. The molecule has 6 heteroatoms. The molecule has 0 aliphatic carbocycles. The van der Waals surface area contributed by atoms with E-state index in [1.807, 2.05) is 18.3 Å². The Morgan fingerprint density at radius 2 is 2.23 bits per heavy atom. The molecule has 1 atom stereocenters. The summed E-state index contributed by atoms with van der Waals surface area (Å²) >= 11 is 5.95. The van der Waals surface area contributed by atoms with Crippen LogP contribution in [0.25, 0.3) is 10.9 Å². The molecular formula is C16H17ClN2O3. The van der Waals surface area contributed by atoms with Crippen LogP contribution < -0.4 is 0 Å². The maximum absolute atomic E-state index is 12.4. The van der Waals surface area contributed by atoms with Crippen molar-refractivity contribution in [3.05, 3.63) is 35.0 Å². The van der Waals surface area contributed by atoms with Gasteiger partial charge in [-0.1, -0.05) is 17.7 Å². The second-order valence-corrected chi connectivity index (χ2v) is 6.55. The fraction of sp³-hybridized carbons (Fsp3) is 0.375. The van der Waals surface area contributed by atoms with Gasteiger partial charge in [-0.3, -0.25) is 9.59 Å². The van der Waals surface area contributed by atoms with Crippen LogP contribution >= 0.6 is 11.6 Å². The zero-order chi connectivity index (χ0) is 15.9. The first kappa shape index (κ1) is 14.9. The summed E-state index contributed by atoms with van der Waals surface area (Å²) in [6.07, 6.45) is 2.57. The molecule has 1 aliphatic rings. The van der Waals surface area contributed by atoms with Crippen LogP contribution in [-0.4, -0.2) is 40.0 Å². The minimum Gasteiger partial charge on any atom is -0.481 e. The van der Waals surface area contributed by atoms with Gasteiger partial charge in [0.1, 0.15) is 0 Å². The number of carbonyl (C=O) groups is 2. The Hall–Kier alpha value is -2.01. The van der Waals surface area contributed by atoms with Gasteiger partial charge in [-0.2, -0.15) is 0 Å². The van der Waals surface area contributed by atoms with Crippen LogP contribution in [0.15, 0.2) is 24.4 Å². The smallest absolute Gasteiger partial charge is 0.311 e. The van der Waals surface area contributed by atoms with E-state index in [9.17, 15) is 14.7 Å². The number of aromatic nitrogens is 1. The molecule has 1 aromatic heterocycles. The van der Waals surface area contributed by atoms with Gasteiger partial charge < -0.3 is 15.0 Å². The zero-order valence-electron chi connectivity index (χ0n) is 12.2. The number of H-pyrrole nitrogens is 1. The molecule has 0 radical (unpaired) electrons. The fourth-order valence-corrected chi connectivity index (χ4v) is 3.10. The highest BCUT2D eigenvalue weighted by Crippen LogP contribution is 2.31. The highest BCUT2D eigenvalue weighted by atomic mass is 35.5. The molecule has 3 rings (SSSR count). The number of carbonyl (C=O) groups excluding carboxylic acids is 1. The first-order valence-electron chi connectivity index (χ1n) is 7.16. The first-order chi connectivity index (χ1) is 10.4. The number of hydrogen-bond acceptors (Lipinski definition) is 2. The Balaban J connectivity index is 1.76. The third-order valence-electron chi connectivity index (χ3n) is 4.41. The summed E-state index contributed by atoms with van der Waals surface area (Å²) in [5, 5.41) is 10.9. The summed E-state index contributed by atoms with van der Waals surface area (Å²) in [7, 11) is 0. The molecule has 5 nitrogen and oxygen atoms in total. The highest BCUT2D eigenvalue weighted by Gasteiger charge is 2.41. The molecule has 1 saturated heterocycles. The van der Waals surface area contributed by atoms with Crippen LogP contribution in [0.4, 0.5) is 0 Å². The van der Waals surface area contributed by atoms with Crippen molar-refractivity contribution in [1.82, 2.24) is 9.88 Å². The van der Waals surface area contributed by atoms with Crippen LogP contribution in [0.5, 0.6) is 0 Å². The molecule has 22 heavy (non-hydrogen) atoms. The number of carboxylic acid groups (broad SMARTS) is 1. The predicted octanol–water partition coefficient (Wildman–Crippen LogP) is 2.69. The van der Waals surface area contributed by atoms with E-state index in [0.29, 0.717) is 18.0 Å². The lowest BCUT2D eigenvalue weighted by molar-refractivity contribution is -0.147. The number of likely N-dealkylation sites (tertiary alicyclic amines) is 1. The van der Waals surface area contributed by atoms with E-state index in [2.05, 4.69) is 4.98 Å². The fourth-order valence-electron chi connectivity index (χ4n) is 2.93. The molecule has 1 aliphatic heterocycles. The Bertz CT molecular complexity index is 755. The second-order valence-electron chi connectivity index (χ2n) is 6.11. The summed E-state index contributed by atoms with van der Waals surface area (Å²) in [6, 6.07) is 5.51. The molecule has 2 heterocycles. The summed E-state index contributed by atoms with van der Waals surface area (Å²) in [4.78, 5) is 28.4. The minimum atomic E-state index is -0.843. The van der Waals surface area contributed by atoms with Crippen molar-refractivity contribution in [2.75, 3.05) is 13.1 Å². The highest BCUT2D eigenvalue weighted by molar-refractivity contribution is 6.31. The molecule has 1 fully saturated rings. The molecule has 2 N–H and O–H groups in total. The van der Waals surface area contributed by atoms with Crippen LogP contribution in [0.3, 0.4) is 0 Å². The molecule has 1 amide bonds. The quantitative estimate of drug-likeness (QED) is 0.913. The first-order valence-corrected chi connectivity index (χ1v) is 7.53. The predicted molar refractivity (Wildman–Crippen MR) is 84.0 cm³/mol. The molecule has 0 bridgehead atoms. The summed E-state index contributed by atoms with van der Waals surface area (Å²) < 4.78 is 0. The summed E-state index contributed by atoms with van der Waals surface area (Å²) in [5.74, 6) is -0.884. The van der Waals surface area contributed by atoms with E-state index in [1.165, 1.54) is 0 Å². The molecule has 0 unspecified atom stereocenters. The number of nitrogens with zero attached hydrogens (tertiary/aromatic N) is 1. The number of halogens is 1. The number of nitrogens with one attached hydrogen (secondary N) is 1. The van der Waals surface area contributed by atoms with Crippen molar-refractivity contribution < 1.29 is 14.7 Å². The molecule has 2 aromatic rings. The van der Waals surface area contributed by atoms with E-state index in [4.69, 9.17) is 11.6 Å². The van der Waals surface area contributed by atoms with Gasteiger partial charge in [-0.05, 0) is 31.0 Å². The number of carboxylic acids is 1. The van der Waals surface area contributed by atoms with Crippen LogP contribution in [0, 0.1) is 5.41 Å². The normalized spacial score (nSPS) is 21.5. The molecule has 0 spiro atoms.